The van der Waals surface area contributed by atoms with Crippen LogP contribution in [0.5, 0.6) is 0 Å². The van der Waals surface area contributed by atoms with Gasteiger partial charge in [-0.25, -0.2) is 0 Å². The third-order valence-corrected chi connectivity index (χ3v) is 3.59. The van der Waals surface area contributed by atoms with E-state index in [0.717, 1.165) is 25.6 Å². The minimum absolute atomic E-state index is 0.756. The SMILES string of the molecule is CCCNCc1cccc2c1ccn2CCC(C)C. The van der Waals surface area contributed by atoms with Crippen molar-refractivity contribution < 1.29 is 0 Å². The third kappa shape index (κ3) is 3.60. The van der Waals surface area contributed by atoms with E-state index in [-0.39, 0.29) is 0 Å². The number of hydrogen-bond acceptors (Lipinski definition) is 1. The lowest BCUT2D eigenvalue weighted by atomic mass is 10.1. The summed E-state index contributed by atoms with van der Waals surface area (Å²) < 4.78 is 2.39. The van der Waals surface area contributed by atoms with Gasteiger partial charge in [0.1, 0.15) is 0 Å². The van der Waals surface area contributed by atoms with Gasteiger partial charge in [0, 0.05) is 30.2 Å². The summed E-state index contributed by atoms with van der Waals surface area (Å²) in [4.78, 5) is 0. The molecule has 0 amide bonds. The molecule has 104 valence electrons. The lowest BCUT2D eigenvalue weighted by Gasteiger charge is -2.09. The first-order valence-electron chi connectivity index (χ1n) is 7.49. The topological polar surface area (TPSA) is 17.0 Å². The van der Waals surface area contributed by atoms with Gasteiger partial charge in [-0.3, -0.25) is 0 Å². The van der Waals surface area contributed by atoms with Gasteiger partial charge < -0.3 is 9.88 Å². The molecule has 0 radical (unpaired) electrons. The standard InChI is InChI=1S/C17H26N2/c1-4-10-18-13-15-6-5-7-17-16(15)9-12-19(17)11-8-14(2)3/h5-7,9,12,14,18H,4,8,10-11,13H2,1-3H3. The summed E-state index contributed by atoms with van der Waals surface area (Å²) in [6.45, 7) is 9.95. The molecule has 0 atom stereocenters. The van der Waals surface area contributed by atoms with Crippen molar-refractivity contribution in [1.29, 1.82) is 0 Å². The molecule has 0 aliphatic carbocycles. The van der Waals surface area contributed by atoms with Gasteiger partial charge in [-0.2, -0.15) is 0 Å². The molecule has 2 aromatic rings. The first kappa shape index (κ1) is 14.1. The van der Waals surface area contributed by atoms with Crippen LogP contribution in [-0.2, 0) is 13.1 Å². The Morgan fingerprint density at radius 2 is 2.05 bits per heavy atom. The molecular formula is C17H26N2. The largest absolute Gasteiger partial charge is 0.347 e. The number of benzene rings is 1. The zero-order chi connectivity index (χ0) is 13.7. The first-order valence-corrected chi connectivity index (χ1v) is 7.49. The Morgan fingerprint density at radius 1 is 1.21 bits per heavy atom. The Hall–Kier alpha value is -1.28. The molecule has 0 spiro atoms. The lowest BCUT2D eigenvalue weighted by molar-refractivity contribution is 0.524. The summed E-state index contributed by atoms with van der Waals surface area (Å²) >= 11 is 0. The molecular weight excluding hydrogens is 232 g/mol. The molecule has 2 rings (SSSR count). The smallest absolute Gasteiger partial charge is 0.0483 e. The van der Waals surface area contributed by atoms with E-state index in [4.69, 9.17) is 0 Å². The van der Waals surface area contributed by atoms with E-state index in [9.17, 15) is 0 Å². The van der Waals surface area contributed by atoms with E-state index in [1.807, 2.05) is 0 Å². The Kier molecular flexibility index (Phi) is 5.03. The van der Waals surface area contributed by atoms with Gasteiger partial charge in [0.2, 0.25) is 0 Å². The molecule has 0 aliphatic heterocycles. The van der Waals surface area contributed by atoms with Crippen molar-refractivity contribution in [3.8, 4) is 0 Å². The maximum absolute atomic E-state index is 3.49. The van der Waals surface area contributed by atoms with E-state index in [1.165, 1.54) is 29.3 Å². The van der Waals surface area contributed by atoms with Gasteiger partial charge in [-0.05, 0) is 43.0 Å². The molecule has 19 heavy (non-hydrogen) atoms. The summed E-state index contributed by atoms with van der Waals surface area (Å²) in [7, 11) is 0. The normalized spacial score (nSPS) is 11.6. The van der Waals surface area contributed by atoms with Crippen molar-refractivity contribution in [3.63, 3.8) is 0 Å². The summed E-state index contributed by atoms with van der Waals surface area (Å²) in [5.74, 6) is 0.756. The van der Waals surface area contributed by atoms with Crippen molar-refractivity contribution >= 4 is 10.9 Å². The number of aromatic nitrogens is 1. The van der Waals surface area contributed by atoms with Crippen molar-refractivity contribution in [2.45, 2.75) is 46.7 Å². The van der Waals surface area contributed by atoms with Crippen LogP contribution in [0.4, 0.5) is 0 Å². The first-order chi connectivity index (χ1) is 9.22. The molecule has 0 fully saturated rings. The van der Waals surface area contributed by atoms with Crippen molar-refractivity contribution in [3.05, 3.63) is 36.0 Å². The minimum atomic E-state index is 0.756. The zero-order valence-electron chi connectivity index (χ0n) is 12.4. The molecule has 0 unspecified atom stereocenters. The number of rotatable bonds is 7. The summed E-state index contributed by atoms with van der Waals surface area (Å²) in [6, 6.07) is 8.91. The molecule has 1 aromatic heterocycles. The monoisotopic (exact) mass is 258 g/mol. The average molecular weight is 258 g/mol. The second-order valence-electron chi connectivity index (χ2n) is 5.72. The fourth-order valence-corrected chi connectivity index (χ4v) is 2.43. The van der Waals surface area contributed by atoms with Gasteiger partial charge in [0.15, 0.2) is 0 Å². The molecule has 0 bridgehead atoms. The van der Waals surface area contributed by atoms with Gasteiger partial charge >= 0.3 is 0 Å². The molecule has 1 aromatic carbocycles. The quantitative estimate of drug-likeness (QED) is 0.737. The third-order valence-electron chi connectivity index (χ3n) is 3.59. The molecule has 2 nitrogen and oxygen atoms in total. The van der Waals surface area contributed by atoms with Crippen molar-refractivity contribution in [1.82, 2.24) is 9.88 Å². The average Bonchev–Trinajstić information content (AvgIpc) is 2.81. The van der Waals surface area contributed by atoms with Crippen LogP contribution in [0.3, 0.4) is 0 Å². The van der Waals surface area contributed by atoms with Crippen molar-refractivity contribution in [2.24, 2.45) is 5.92 Å². The van der Waals surface area contributed by atoms with E-state index < -0.39 is 0 Å². The molecule has 0 saturated heterocycles. The predicted molar refractivity (Wildman–Crippen MR) is 83.4 cm³/mol. The molecule has 1 heterocycles. The van der Waals surface area contributed by atoms with E-state index in [2.05, 4.69) is 61.1 Å². The van der Waals surface area contributed by atoms with Gasteiger partial charge in [0.05, 0.1) is 0 Å². The summed E-state index contributed by atoms with van der Waals surface area (Å²) in [6.07, 6.45) is 4.66. The van der Waals surface area contributed by atoms with E-state index in [0.29, 0.717) is 0 Å². The zero-order valence-corrected chi connectivity index (χ0v) is 12.4. The Bertz CT molecular complexity index is 511. The highest BCUT2D eigenvalue weighted by molar-refractivity contribution is 5.83. The van der Waals surface area contributed by atoms with Crippen LogP contribution < -0.4 is 5.32 Å². The molecule has 1 N–H and O–H groups in total. The highest BCUT2D eigenvalue weighted by Gasteiger charge is 2.05. The molecule has 2 heteroatoms. The summed E-state index contributed by atoms with van der Waals surface area (Å²) in [5.41, 5.74) is 2.78. The van der Waals surface area contributed by atoms with Crippen LogP contribution in [0.1, 0.15) is 39.2 Å². The fraction of sp³-hybridized carbons (Fsp3) is 0.529. The van der Waals surface area contributed by atoms with Gasteiger partial charge in [0.25, 0.3) is 0 Å². The number of fused-ring (bicyclic) bond motifs is 1. The van der Waals surface area contributed by atoms with Gasteiger partial charge in [-0.1, -0.05) is 32.9 Å². The number of nitrogens with one attached hydrogen (secondary N) is 1. The van der Waals surface area contributed by atoms with Crippen LogP contribution in [0.15, 0.2) is 30.5 Å². The highest BCUT2D eigenvalue weighted by Crippen LogP contribution is 2.21. The second kappa shape index (κ2) is 6.76. The molecule has 0 saturated carbocycles. The van der Waals surface area contributed by atoms with Crippen LogP contribution in [0.25, 0.3) is 10.9 Å². The number of hydrogen-bond donors (Lipinski definition) is 1. The number of aryl methyl sites for hydroxylation is 1. The number of nitrogens with zero attached hydrogens (tertiary/aromatic N) is 1. The Balaban J connectivity index is 2.16. The fourth-order valence-electron chi connectivity index (χ4n) is 2.43. The lowest BCUT2D eigenvalue weighted by Crippen LogP contribution is -2.13. The Morgan fingerprint density at radius 3 is 2.79 bits per heavy atom. The predicted octanol–water partition coefficient (Wildman–Crippen LogP) is 4.19. The van der Waals surface area contributed by atoms with Crippen molar-refractivity contribution in [2.75, 3.05) is 6.54 Å². The van der Waals surface area contributed by atoms with Crippen LogP contribution in [0, 0.1) is 5.92 Å². The second-order valence-corrected chi connectivity index (χ2v) is 5.72. The maximum Gasteiger partial charge on any atom is 0.0483 e. The molecule has 0 aliphatic rings. The van der Waals surface area contributed by atoms with E-state index in [1.54, 1.807) is 0 Å². The summed E-state index contributed by atoms with van der Waals surface area (Å²) in [5, 5.41) is 4.89. The van der Waals surface area contributed by atoms with Gasteiger partial charge in [-0.15, -0.1) is 0 Å². The van der Waals surface area contributed by atoms with Crippen LogP contribution in [-0.4, -0.2) is 11.1 Å². The van der Waals surface area contributed by atoms with Crippen LogP contribution >= 0.6 is 0 Å². The van der Waals surface area contributed by atoms with Crippen LogP contribution in [0.2, 0.25) is 0 Å². The highest BCUT2D eigenvalue weighted by atomic mass is 14.9. The maximum atomic E-state index is 3.49. The minimum Gasteiger partial charge on any atom is -0.347 e. The Labute approximate surface area is 116 Å². The van der Waals surface area contributed by atoms with E-state index >= 15 is 0 Å².